The smallest absolute Gasteiger partial charge is 0.244 e. The molecule has 0 saturated carbocycles. The summed E-state index contributed by atoms with van der Waals surface area (Å²) in [4.78, 5) is 13.5. The lowest BCUT2D eigenvalue weighted by Gasteiger charge is -2.35. The van der Waals surface area contributed by atoms with Gasteiger partial charge in [0.25, 0.3) is 0 Å². The number of nitrogens with one attached hydrogen (secondary N) is 1. The van der Waals surface area contributed by atoms with Crippen molar-refractivity contribution in [1.29, 1.82) is 0 Å². The van der Waals surface area contributed by atoms with Crippen LogP contribution in [0.15, 0.2) is 71.6 Å². The lowest BCUT2D eigenvalue weighted by atomic mass is 9.95. The first-order valence-electron chi connectivity index (χ1n) is 10.5. The molecule has 7 nitrogen and oxygen atoms in total. The maximum atomic E-state index is 13.6. The van der Waals surface area contributed by atoms with Crippen molar-refractivity contribution in [2.45, 2.75) is 30.8 Å². The number of ether oxygens (including phenoxy) is 2. The number of rotatable bonds is 6. The van der Waals surface area contributed by atoms with Crippen molar-refractivity contribution in [2.24, 2.45) is 0 Å². The first-order chi connectivity index (χ1) is 15.8. The fourth-order valence-corrected chi connectivity index (χ4v) is 5.53. The van der Waals surface area contributed by atoms with E-state index in [2.05, 4.69) is 5.32 Å². The summed E-state index contributed by atoms with van der Waals surface area (Å²) in [6.45, 7) is 2.02. The van der Waals surface area contributed by atoms with Crippen LogP contribution in [0, 0.1) is 6.92 Å². The van der Waals surface area contributed by atoms with Crippen LogP contribution in [0.4, 0.5) is 5.69 Å². The van der Waals surface area contributed by atoms with Gasteiger partial charge in [0.05, 0.1) is 19.1 Å². The van der Waals surface area contributed by atoms with E-state index in [9.17, 15) is 13.2 Å². The van der Waals surface area contributed by atoms with Gasteiger partial charge in [-0.3, -0.25) is 4.79 Å². The fraction of sp³-hybridized carbons (Fsp3) is 0.240. The summed E-state index contributed by atoms with van der Waals surface area (Å²) in [6, 6.07) is 18.4. The second kappa shape index (κ2) is 9.25. The normalized spacial score (nSPS) is 16.0. The van der Waals surface area contributed by atoms with Crippen molar-refractivity contribution in [2.75, 3.05) is 19.5 Å². The van der Waals surface area contributed by atoms with E-state index in [4.69, 9.17) is 9.47 Å². The summed E-state index contributed by atoms with van der Waals surface area (Å²) < 4.78 is 39.0. The molecule has 0 radical (unpaired) electrons. The van der Waals surface area contributed by atoms with Crippen LogP contribution in [-0.4, -0.2) is 38.9 Å². The highest BCUT2D eigenvalue weighted by atomic mass is 32.2. The van der Waals surface area contributed by atoms with Crippen LogP contribution in [-0.2, 0) is 27.8 Å². The maximum absolute atomic E-state index is 13.6. The number of benzene rings is 3. The number of anilines is 1. The van der Waals surface area contributed by atoms with E-state index in [1.54, 1.807) is 42.5 Å². The van der Waals surface area contributed by atoms with Gasteiger partial charge >= 0.3 is 0 Å². The molecule has 1 amide bonds. The van der Waals surface area contributed by atoms with Gasteiger partial charge in [0.15, 0.2) is 11.5 Å². The fourth-order valence-electron chi connectivity index (χ4n) is 3.96. The summed E-state index contributed by atoms with van der Waals surface area (Å²) in [7, 11) is -0.861. The Morgan fingerprint density at radius 1 is 0.939 bits per heavy atom. The molecular formula is C25H26N2O5S. The molecule has 0 bridgehead atoms. The van der Waals surface area contributed by atoms with Crippen molar-refractivity contribution in [1.82, 2.24) is 4.31 Å². The average Bonchev–Trinajstić information content (AvgIpc) is 2.83. The number of methoxy groups -OCH3 is 2. The van der Waals surface area contributed by atoms with Gasteiger partial charge in [-0.05, 0) is 48.7 Å². The Labute approximate surface area is 194 Å². The third-order valence-electron chi connectivity index (χ3n) is 5.79. The molecule has 1 atom stereocenters. The van der Waals surface area contributed by atoms with E-state index >= 15 is 0 Å². The molecule has 0 spiro atoms. The predicted octanol–water partition coefficient (Wildman–Crippen LogP) is 3.77. The first-order valence-corrected chi connectivity index (χ1v) is 12.0. The Morgan fingerprint density at radius 3 is 2.27 bits per heavy atom. The number of hydrogen-bond donors (Lipinski definition) is 1. The van der Waals surface area contributed by atoms with E-state index in [1.165, 1.54) is 18.5 Å². The largest absolute Gasteiger partial charge is 0.493 e. The Balaban J connectivity index is 1.69. The molecular weight excluding hydrogens is 440 g/mol. The number of carbonyl (C=O) groups excluding carboxylic acids is 1. The molecule has 172 valence electrons. The van der Waals surface area contributed by atoms with E-state index in [-0.39, 0.29) is 17.9 Å². The molecule has 1 aliphatic heterocycles. The van der Waals surface area contributed by atoms with Gasteiger partial charge in [-0.15, -0.1) is 0 Å². The van der Waals surface area contributed by atoms with Crippen LogP contribution in [0.1, 0.15) is 16.7 Å². The van der Waals surface area contributed by atoms with E-state index in [0.29, 0.717) is 17.2 Å². The monoisotopic (exact) mass is 466 g/mol. The SMILES string of the molecule is COc1ccc(NC(=O)[C@H]2Cc3ccccc3CN2S(=O)(=O)c2ccc(C)cc2)cc1OC. The quantitative estimate of drug-likeness (QED) is 0.598. The van der Waals surface area contributed by atoms with Crippen molar-refractivity contribution in [3.8, 4) is 11.5 Å². The molecule has 1 heterocycles. The van der Waals surface area contributed by atoms with E-state index in [0.717, 1.165) is 16.7 Å². The Morgan fingerprint density at radius 2 is 1.61 bits per heavy atom. The van der Waals surface area contributed by atoms with E-state index in [1.807, 2.05) is 31.2 Å². The zero-order chi connectivity index (χ0) is 23.6. The minimum atomic E-state index is -3.90. The van der Waals surface area contributed by atoms with Gasteiger partial charge in [-0.2, -0.15) is 4.31 Å². The number of aryl methyl sites for hydroxylation is 1. The van der Waals surface area contributed by atoms with Crippen LogP contribution in [0.2, 0.25) is 0 Å². The Hall–Kier alpha value is -3.36. The van der Waals surface area contributed by atoms with Crippen LogP contribution >= 0.6 is 0 Å². The number of carbonyl (C=O) groups is 1. The summed E-state index contributed by atoms with van der Waals surface area (Å²) in [5.41, 5.74) is 3.30. The van der Waals surface area contributed by atoms with Crippen LogP contribution in [0.25, 0.3) is 0 Å². The molecule has 0 unspecified atom stereocenters. The lowest BCUT2D eigenvalue weighted by molar-refractivity contribution is -0.120. The zero-order valence-corrected chi connectivity index (χ0v) is 19.6. The van der Waals surface area contributed by atoms with Crippen LogP contribution in [0.3, 0.4) is 0 Å². The molecule has 4 rings (SSSR count). The second-order valence-corrected chi connectivity index (χ2v) is 9.80. The molecule has 3 aromatic carbocycles. The van der Waals surface area contributed by atoms with E-state index < -0.39 is 22.0 Å². The standard InChI is InChI=1S/C25H26N2O5S/c1-17-8-11-21(12-9-17)33(29,30)27-16-19-7-5-4-6-18(19)14-22(27)25(28)26-20-10-13-23(31-2)24(15-20)32-3/h4-13,15,22H,14,16H2,1-3H3,(H,26,28)/t22-/m1/s1. The number of fused-ring (bicyclic) bond motifs is 1. The minimum Gasteiger partial charge on any atom is -0.493 e. The molecule has 1 N–H and O–H groups in total. The molecule has 0 fully saturated rings. The summed E-state index contributed by atoms with van der Waals surface area (Å²) in [5.74, 6) is 0.589. The summed E-state index contributed by atoms with van der Waals surface area (Å²) in [6.07, 6.45) is 0.278. The molecule has 1 aliphatic rings. The van der Waals surface area contributed by atoms with Crippen LogP contribution in [0.5, 0.6) is 11.5 Å². The molecule has 0 saturated heterocycles. The molecule has 0 aliphatic carbocycles. The maximum Gasteiger partial charge on any atom is 0.244 e. The van der Waals surface area contributed by atoms with Gasteiger partial charge < -0.3 is 14.8 Å². The Bertz CT molecular complexity index is 1270. The average molecular weight is 467 g/mol. The highest BCUT2D eigenvalue weighted by molar-refractivity contribution is 7.89. The highest BCUT2D eigenvalue weighted by Crippen LogP contribution is 2.32. The lowest BCUT2D eigenvalue weighted by Crippen LogP contribution is -2.50. The molecule has 8 heteroatoms. The summed E-state index contributed by atoms with van der Waals surface area (Å²) >= 11 is 0. The van der Waals surface area contributed by atoms with Crippen molar-refractivity contribution in [3.63, 3.8) is 0 Å². The highest BCUT2D eigenvalue weighted by Gasteiger charge is 2.39. The third-order valence-corrected chi connectivity index (χ3v) is 7.66. The zero-order valence-electron chi connectivity index (χ0n) is 18.7. The van der Waals surface area contributed by atoms with Gasteiger partial charge in [-0.1, -0.05) is 42.0 Å². The van der Waals surface area contributed by atoms with Gasteiger partial charge in [0, 0.05) is 18.3 Å². The van der Waals surface area contributed by atoms with Gasteiger partial charge in [0.2, 0.25) is 15.9 Å². The van der Waals surface area contributed by atoms with Crippen molar-refractivity contribution < 1.29 is 22.7 Å². The molecule has 33 heavy (non-hydrogen) atoms. The second-order valence-electron chi connectivity index (χ2n) is 7.91. The predicted molar refractivity (Wildman–Crippen MR) is 126 cm³/mol. The van der Waals surface area contributed by atoms with Crippen molar-refractivity contribution in [3.05, 3.63) is 83.4 Å². The van der Waals surface area contributed by atoms with Gasteiger partial charge in [-0.25, -0.2) is 8.42 Å². The first kappa shape index (κ1) is 22.8. The topological polar surface area (TPSA) is 84.9 Å². The Kier molecular flexibility index (Phi) is 6.40. The van der Waals surface area contributed by atoms with Crippen molar-refractivity contribution >= 4 is 21.6 Å². The molecule has 3 aromatic rings. The third kappa shape index (κ3) is 4.58. The molecule has 0 aromatic heterocycles. The number of hydrogen-bond acceptors (Lipinski definition) is 5. The number of nitrogens with zero attached hydrogens (tertiary/aromatic N) is 1. The number of sulfonamides is 1. The summed E-state index contributed by atoms with van der Waals surface area (Å²) in [5, 5.41) is 2.85. The minimum absolute atomic E-state index is 0.121. The number of amides is 1. The van der Waals surface area contributed by atoms with Gasteiger partial charge in [0.1, 0.15) is 6.04 Å². The van der Waals surface area contributed by atoms with Crippen LogP contribution < -0.4 is 14.8 Å².